The van der Waals surface area contributed by atoms with Crippen molar-refractivity contribution < 1.29 is 19.7 Å². The van der Waals surface area contributed by atoms with E-state index in [2.05, 4.69) is 25.8 Å². The summed E-state index contributed by atoms with van der Waals surface area (Å²) in [5.41, 5.74) is -0.0891. The van der Waals surface area contributed by atoms with E-state index in [1.165, 1.54) is 12.8 Å². The molecule has 2 N–H and O–H groups in total. The van der Waals surface area contributed by atoms with E-state index < -0.39 is 18.1 Å². The average molecular weight is 323 g/mol. The highest BCUT2D eigenvalue weighted by Crippen LogP contribution is 2.61. The summed E-state index contributed by atoms with van der Waals surface area (Å²) < 4.78 is 5.83. The predicted octanol–water partition coefficient (Wildman–Crippen LogP) is 1.17. The molecule has 0 amide bonds. The van der Waals surface area contributed by atoms with Crippen LogP contribution in [0.15, 0.2) is 0 Å². The molecular weight excluding hydrogens is 294 g/mol. The first-order valence-electron chi connectivity index (χ1n) is 9.09. The third-order valence-electron chi connectivity index (χ3n) is 7.59. The van der Waals surface area contributed by atoms with Gasteiger partial charge in [-0.1, -0.05) is 13.8 Å². The second kappa shape index (κ2) is 5.17. The Morgan fingerprint density at radius 3 is 2.22 bits per heavy atom. The molecule has 0 spiro atoms. The molecule has 0 radical (unpaired) electrons. The first-order chi connectivity index (χ1) is 10.8. The van der Waals surface area contributed by atoms with Crippen molar-refractivity contribution in [2.75, 3.05) is 7.05 Å². The molecule has 23 heavy (non-hydrogen) atoms. The normalized spacial score (nSPS) is 51.2. The molecule has 5 fully saturated rings. The number of rotatable bonds is 2. The smallest absolute Gasteiger partial charge is 0.312 e. The van der Waals surface area contributed by atoms with Gasteiger partial charge in [0.25, 0.3) is 0 Å². The van der Waals surface area contributed by atoms with Crippen LogP contribution in [0.5, 0.6) is 0 Å². The van der Waals surface area contributed by atoms with Gasteiger partial charge in [-0.3, -0.25) is 4.79 Å². The van der Waals surface area contributed by atoms with Crippen molar-refractivity contribution in [1.29, 1.82) is 0 Å². The summed E-state index contributed by atoms with van der Waals surface area (Å²) in [5, 5.41) is 20.7. The summed E-state index contributed by atoms with van der Waals surface area (Å²) in [6.07, 6.45) is 3.21. The number of fused-ring (bicyclic) bond motifs is 4. The Hall–Kier alpha value is -0.650. The van der Waals surface area contributed by atoms with Crippen molar-refractivity contribution in [3.05, 3.63) is 0 Å². The van der Waals surface area contributed by atoms with Crippen LogP contribution in [0.2, 0.25) is 0 Å². The molecule has 5 aliphatic rings. The monoisotopic (exact) mass is 323 g/mol. The molecule has 2 heterocycles. The van der Waals surface area contributed by atoms with Crippen LogP contribution in [0, 0.1) is 23.2 Å². The highest BCUT2D eigenvalue weighted by Gasteiger charge is 2.64. The molecule has 2 aliphatic heterocycles. The van der Waals surface area contributed by atoms with Gasteiger partial charge in [-0.15, -0.1) is 0 Å². The lowest BCUT2D eigenvalue weighted by Crippen LogP contribution is -2.66. The molecular formula is C18H29NO4. The van der Waals surface area contributed by atoms with E-state index in [0.717, 1.165) is 19.3 Å². The van der Waals surface area contributed by atoms with Crippen LogP contribution < -0.4 is 0 Å². The minimum atomic E-state index is -0.970. The number of carbonyl (C=O) groups excluding carboxylic acids is 1. The van der Waals surface area contributed by atoms with Crippen LogP contribution in [0.1, 0.15) is 46.0 Å². The van der Waals surface area contributed by atoms with Crippen molar-refractivity contribution in [2.24, 2.45) is 23.2 Å². The minimum absolute atomic E-state index is 0.0264. The van der Waals surface area contributed by atoms with Gasteiger partial charge in [0, 0.05) is 12.1 Å². The molecule has 4 bridgehead atoms. The first kappa shape index (κ1) is 15.9. The fourth-order valence-electron chi connectivity index (χ4n) is 5.88. The Morgan fingerprint density at radius 1 is 1.04 bits per heavy atom. The average Bonchev–Trinajstić information content (AvgIpc) is 2.71. The van der Waals surface area contributed by atoms with E-state index in [4.69, 9.17) is 4.74 Å². The lowest BCUT2D eigenvalue weighted by atomic mass is 9.44. The van der Waals surface area contributed by atoms with Gasteiger partial charge in [0.2, 0.25) is 0 Å². The number of nitrogens with zero attached hydrogens (tertiary/aromatic N) is 1. The Morgan fingerprint density at radius 2 is 1.65 bits per heavy atom. The number of hydrogen-bond donors (Lipinski definition) is 2. The highest BCUT2D eigenvalue weighted by atomic mass is 16.5. The molecule has 0 aromatic rings. The molecule has 5 nitrogen and oxygen atoms in total. The van der Waals surface area contributed by atoms with Gasteiger partial charge in [0.1, 0.15) is 6.10 Å². The number of esters is 1. The van der Waals surface area contributed by atoms with Crippen LogP contribution >= 0.6 is 0 Å². The molecule has 8 atom stereocenters. The van der Waals surface area contributed by atoms with Gasteiger partial charge >= 0.3 is 5.97 Å². The van der Waals surface area contributed by atoms with Gasteiger partial charge in [-0.25, -0.2) is 0 Å². The zero-order valence-electron chi connectivity index (χ0n) is 14.3. The van der Waals surface area contributed by atoms with Crippen LogP contribution in [-0.2, 0) is 9.53 Å². The quantitative estimate of drug-likeness (QED) is 0.747. The fourth-order valence-corrected chi connectivity index (χ4v) is 5.88. The number of hydrogen-bond acceptors (Lipinski definition) is 5. The Balaban J connectivity index is 1.45. The van der Waals surface area contributed by atoms with Crippen LogP contribution in [0.4, 0.5) is 0 Å². The molecule has 0 aromatic heterocycles. The van der Waals surface area contributed by atoms with Crippen LogP contribution in [0.25, 0.3) is 0 Å². The van der Waals surface area contributed by atoms with E-state index in [1.807, 2.05) is 0 Å². The molecule has 130 valence electrons. The number of piperidine rings is 1. The van der Waals surface area contributed by atoms with E-state index in [-0.39, 0.29) is 29.3 Å². The van der Waals surface area contributed by atoms with E-state index in [0.29, 0.717) is 12.1 Å². The number of ether oxygens (including phenoxy) is 1. The molecule has 5 heteroatoms. The topological polar surface area (TPSA) is 70.0 Å². The summed E-state index contributed by atoms with van der Waals surface area (Å²) >= 11 is 0. The van der Waals surface area contributed by atoms with Gasteiger partial charge in [0.05, 0.1) is 18.1 Å². The first-order valence-corrected chi connectivity index (χ1v) is 9.09. The Labute approximate surface area is 138 Å². The molecule has 3 saturated carbocycles. The SMILES string of the molecule is CN1[C@@H]2CC[C@H]1CC(OC(=O)[C@@H]1[C@H](O)[C@@H](O)[C@@H]3C[C@H]1C3(C)C)C2. The third-order valence-corrected chi connectivity index (χ3v) is 7.59. The molecule has 0 aromatic carbocycles. The van der Waals surface area contributed by atoms with Crippen molar-refractivity contribution in [1.82, 2.24) is 4.90 Å². The van der Waals surface area contributed by atoms with Crippen LogP contribution in [0.3, 0.4) is 0 Å². The third kappa shape index (κ3) is 2.19. The Bertz CT molecular complexity index is 493. The Kier molecular flexibility index (Phi) is 3.56. The summed E-state index contributed by atoms with van der Waals surface area (Å²) in [6.45, 7) is 4.19. The fraction of sp³-hybridized carbons (Fsp3) is 0.944. The molecule has 1 unspecified atom stereocenters. The minimum Gasteiger partial charge on any atom is -0.462 e. The van der Waals surface area contributed by atoms with Crippen molar-refractivity contribution in [2.45, 2.75) is 76.3 Å². The summed E-state index contributed by atoms with van der Waals surface area (Å²) in [5.74, 6) is -0.629. The largest absolute Gasteiger partial charge is 0.462 e. The molecule has 2 saturated heterocycles. The number of aliphatic hydroxyl groups excluding tert-OH is 2. The predicted molar refractivity (Wildman–Crippen MR) is 84.6 cm³/mol. The molecule has 5 rings (SSSR count). The van der Waals surface area contributed by atoms with Gasteiger partial charge in [0.15, 0.2) is 0 Å². The zero-order valence-corrected chi connectivity index (χ0v) is 14.3. The van der Waals surface area contributed by atoms with Crippen molar-refractivity contribution in [3.63, 3.8) is 0 Å². The zero-order chi connectivity index (χ0) is 16.5. The van der Waals surface area contributed by atoms with Gasteiger partial charge in [-0.2, -0.15) is 0 Å². The highest BCUT2D eigenvalue weighted by molar-refractivity contribution is 5.74. The number of aliphatic hydroxyl groups is 2. The van der Waals surface area contributed by atoms with Gasteiger partial charge < -0.3 is 19.8 Å². The second-order valence-electron chi connectivity index (χ2n) is 8.86. The van der Waals surface area contributed by atoms with Crippen molar-refractivity contribution in [3.8, 4) is 0 Å². The standard InChI is InChI=1S/C18H29NO4/c1-18(2)12-8-13(18)15(20)16(21)14(12)17(22)23-11-6-9-4-5-10(7-11)19(9)3/h9-16,20-21H,4-8H2,1-3H3/t9-,10+,11?,12-,13+,14+,15+,16+/m1/s1. The summed E-state index contributed by atoms with van der Waals surface area (Å²) in [6, 6.07) is 1.05. The second-order valence-corrected chi connectivity index (χ2v) is 8.86. The lowest BCUT2D eigenvalue weighted by molar-refractivity contribution is -0.236. The van der Waals surface area contributed by atoms with E-state index in [9.17, 15) is 15.0 Å². The lowest BCUT2D eigenvalue weighted by Gasteiger charge is -2.62. The van der Waals surface area contributed by atoms with E-state index in [1.54, 1.807) is 0 Å². The summed E-state index contributed by atoms with van der Waals surface area (Å²) in [7, 11) is 2.17. The van der Waals surface area contributed by atoms with Crippen molar-refractivity contribution >= 4 is 5.97 Å². The van der Waals surface area contributed by atoms with E-state index >= 15 is 0 Å². The number of carbonyl (C=O) groups is 1. The maximum atomic E-state index is 12.8. The maximum absolute atomic E-state index is 12.8. The summed E-state index contributed by atoms with van der Waals surface area (Å²) in [4.78, 5) is 15.2. The maximum Gasteiger partial charge on any atom is 0.312 e. The van der Waals surface area contributed by atoms with Gasteiger partial charge in [-0.05, 0) is 56.4 Å². The van der Waals surface area contributed by atoms with Crippen LogP contribution in [-0.4, -0.2) is 58.5 Å². The molecule has 3 aliphatic carbocycles.